The van der Waals surface area contributed by atoms with Gasteiger partial charge in [0.05, 0.1) is 0 Å². The first-order chi connectivity index (χ1) is 6.68. The molecular formula is C15H30. The monoisotopic (exact) mass is 210 g/mol. The lowest BCUT2D eigenvalue weighted by atomic mass is 9.87. The summed E-state index contributed by atoms with van der Waals surface area (Å²) < 4.78 is 0. The van der Waals surface area contributed by atoms with Gasteiger partial charge in [0, 0.05) is 0 Å². The molecule has 0 atom stereocenters. The molecule has 0 aliphatic carbocycles. The Hall–Kier alpha value is -0.520. The molecule has 0 spiro atoms. The third kappa shape index (κ3) is 16.2. The van der Waals surface area contributed by atoms with E-state index in [0.29, 0.717) is 10.8 Å². The second-order valence-corrected chi connectivity index (χ2v) is 6.06. The number of allylic oxidation sites excluding steroid dienone is 2. The molecular weight excluding hydrogens is 180 g/mol. The topological polar surface area (TPSA) is 0 Å². The lowest BCUT2D eigenvalue weighted by Crippen LogP contribution is -2.06. The van der Waals surface area contributed by atoms with Gasteiger partial charge >= 0.3 is 0 Å². The molecule has 0 aliphatic rings. The van der Waals surface area contributed by atoms with Crippen molar-refractivity contribution in [3.63, 3.8) is 0 Å². The van der Waals surface area contributed by atoms with Gasteiger partial charge in [-0.1, -0.05) is 60.1 Å². The second kappa shape index (κ2) is 7.73. The van der Waals surface area contributed by atoms with Crippen LogP contribution < -0.4 is 0 Å². The van der Waals surface area contributed by atoms with E-state index < -0.39 is 0 Å². The highest BCUT2D eigenvalue weighted by Gasteiger charge is 2.10. The van der Waals surface area contributed by atoms with Crippen molar-refractivity contribution in [3.05, 3.63) is 25.3 Å². The van der Waals surface area contributed by atoms with E-state index in [1.807, 2.05) is 12.2 Å². The minimum atomic E-state index is 0.432. The van der Waals surface area contributed by atoms with Crippen molar-refractivity contribution in [3.8, 4) is 0 Å². The zero-order valence-electron chi connectivity index (χ0n) is 11.7. The van der Waals surface area contributed by atoms with Crippen molar-refractivity contribution in [2.75, 3.05) is 0 Å². The summed E-state index contributed by atoms with van der Waals surface area (Å²) in [5.74, 6) is 0. The highest BCUT2D eigenvalue weighted by molar-refractivity contribution is 4.78. The van der Waals surface area contributed by atoms with Crippen molar-refractivity contribution in [1.29, 1.82) is 0 Å². The van der Waals surface area contributed by atoms with Crippen molar-refractivity contribution < 1.29 is 0 Å². The van der Waals surface area contributed by atoms with E-state index in [9.17, 15) is 0 Å². The fourth-order valence-corrected chi connectivity index (χ4v) is 0.968. The molecule has 0 N–H and O–H groups in total. The summed E-state index contributed by atoms with van der Waals surface area (Å²) >= 11 is 0. The smallest absolute Gasteiger partial charge is 0.0302 e. The van der Waals surface area contributed by atoms with Crippen LogP contribution in [0.1, 0.15) is 60.8 Å². The molecule has 0 aromatic rings. The molecule has 0 radical (unpaired) electrons. The predicted molar refractivity (Wildman–Crippen MR) is 73.2 cm³/mol. The molecule has 0 rings (SSSR count). The molecule has 0 aromatic carbocycles. The zero-order valence-corrected chi connectivity index (χ0v) is 11.7. The summed E-state index contributed by atoms with van der Waals surface area (Å²) in [4.78, 5) is 0. The molecule has 0 amide bonds. The predicted octanol–water partition coefficient (Wildman–Crippen LogP) is 5.61. The van der Waals surface area contributed by atoms with Crippen molar-refractivity contribution in [1.82, 2.24) is 0 Å². The summed E-state index contributed by atoms with van der Waals surface area (Å²) in [5.41, 5.74) is 0.906. The Labute approximate surface area is 97.5 Å². The van der Waals surface area contributed by atoms with Crippen LogP contribution in [0.3, 0.4) is 0 Å². The Balaban J connectivity index is 0. The number of hydrogen-bond acceptors (Lipinski definition) is 0. The highest BCUT2D eigenvalue weighted by Crippen LogP contribution is 2.23. The molecule has 0 aliphatic heterocycles. The van der Waals surface area contributed by atoms with Crippen LogP contribution in [0.5, 0.6) is 0 Å². The molecule has 90 valence electrons. The quantitative estimate of drug-likeness (QED) is 0.529. The van der Waals surface area contributed by atoms with Gasteiger partial charge in [0.1, 0.15) is 0 Å². The maximum atomic E-state index is 3.69. The maximum Gasteiger partial charge on any atom is -0.0302 e. The molecule has 0 fully saturated rings. The van der Waals surface area contributed by atoms with Crippen LogP contribution in [-0.4, -0.2) is 0 Å². The van der Waals surface area contributed by atoms with Crippen LogP contribution in [0, 0.1) is 10.8 Å². The normalized spacial score (nSPS) is 11.3. The van der Waals surface area contributed by atoms with E-state index in [4.69, 9.17) is 0 Å². The zero-order chi connectivity index (χ0) is 12.5. The van der Waals surface area contributed by atoms with Gasteiger partial charge < -0.3 is 0 Å². The Morgan fingerprint density at radius 3 is 1.33 bits per heavy atom. The summed E-state index contributed by atoms with van der Waals surface area (Å²) in [6.07, 6.45) is 7.42. The van der Waals surface area contributed by atoms with Crippen LogP contribution in [0.15, 0.2) is 25.3 Å². The first kappa shape index (κ1) is 16.9. The van der Waals surface area contributed by atoms with Gasteiger partial charge in [-0.05, 0) is 23.7 Å². The van der Waals surface area contributed by atoms with Gasteiger partial charge in [-0.15, -0.1) is 13.2 Å². The first-order valence-electron chi connectivity index (χ1n) is 5.90. The van der Waals surface area contributed by atoms with Crippen LogP contribution in [0.25, 0.3) is 0 Å². The minimum absolute atomic E-state index is 0.432. The molecule has 0 unspecified atom stereocenters. The number of rotatable bonds is 4. The Bertz CT molecular complexity index is 167. The van der Waals surface area contributed by atoms with Gasteiger partial charge in [0.25, 0.3) is 0 Å². The maximum absolute atomic E-state index is 3.69. The largest absolute Gasteiger partial charge is 0.103 e. The molecule has 0 bridgehead atoms. The molecule has 0 heterocycles. The Kier molecular flexibility index (Phi) is 8.71. The summed E-state index contributed by atoms with van der Waals surface area (Å²) in [7, 11) is 0. The van der Waals surface area contributed by atoms with Gasteiger partial charge in [-0.3, -0.25) is 0 Å². The second-order valence-electron chi connectivity index (χ2n) is 6.06. The van der Waals surface area contributed by atoms with Crippen LogP contribution >= 0.6 is 0 Å². The molecule has 0 saturated heterocycles. The summed E-state index contributed by atoms with van der Waals surface area (Å²) in [6.45, 7) is 20.7. The van der Waals surface area contributed by atoms with E-state index in [1.165, 1.54) is 6.42 Å². The van der Waals surface area contributed by atoms with E-state index in [-0.39, 0.29) is 0 Å². The van der Waals surface area contributed by atoms with Crippen molar-refractivity contribution in [2.24, 2.45) is 10.8 Å². The van der Waals surface area contributed by atoms with Crippen LogP contribution in [0.4, 0.5) is 0 Å². The van der Waals surface area contributed by atoms with Gasteiger partial charge in [0.2, 0.25) is 0 Å². The SMILES string of the molecule is C=CCC(C)(C)C.C=CCC(C)(C)CC. The standard InChI is InChI=1S/C8H16.C7H14/c1-5-7-8(3,4)6-2;1-5-6-7(2,3)4/h5H,1,6-7H2,2-4H3;5H,1,6H2,2-4H3. The molecule has 15 heavy (non-hydrogen) atoms. The lowest BCUT2D eigenvalue weighted by molar-refractivity contribution is 0.357. The van der Waals surface area contributed by atoms with E-state index >= 15 is 0 Å². The Morgan fingerprint density at radius 1 is 0.867 bits per heavy atom. The highest BCUT2D eigenvalue weighted by atomic mass is 14.2. The molecule has 0 aromatic heterocycles. The van der Waals surface area contributed by atoms with Crippen LogP contribution in [-0.2, 0) is 0 Å². The summed E-state index contributed by atoms with van der Waals surface area (Å²) in [5, 5.41) is 0. The van der Waals surface area contributed by atoms with Crippen LogP contribution in [0.2, 0.25) is 0 Å². The minimum Gasteiger partial charge on any atom is -0.103 e. The Morgan fingerprint density at radius 2 is 1.27 bits per heavy atom. The van der Waals surface area contributed by atoms with E-state index in [2.05, 4.69) is 54.7 Å². The van der Waals surface area contributed by atoms with Crippen molar-refractivity contribution in [2.45, 2.75) is 60.8 Å². The first-order valence-corrected chi connectivity index (χ1v) is 5.90. The van der Waals surface area contributed by atoms with Gasteiger partial charge in [-0.2, -0.15) is 0 Å². The molecule has 0 saturated carbocycles. The van der Waals surface area contributed by atoms with Gasteiger partial charge in [0.15, 0.2) is 0 Å². The average Bonchev–Trinajstić information content (AvgIpc) is 2.03. The molecule has 0 heteroatoms. The summed E-state index contributed by atoms with van der Waals surface area (Å²) in [6, 6.07) is 0. The van der Waals surface area contributed by atoms with E-state index in [0.717, 1.165) is 12.8 Å². The lowest BCUT2D eigenvalue weighted by Gasteiger charge is -2.19. The van der Waals surface area contributed by atoms with Crippen molar-refractivity contribution >= 4 is 0 Å². The third-order valence-corrected chi connectivity index (χ3v) is 2.41. The van der Waals surface area contributed by atoms with E-state index in [1.54, 1.807) is 0 Å². The fourth-order valence-electron chi connectivity index (χ4n) is 0.968. The average molecular weight is 210 g/mol. The van der Waals surface area contributed by atoms with Gasteiger partial charge in [-0.25, -0.2) is 0 Å². The number of hydrogen-bond donors (Lipinski definition) is 0. The fraction of sp³-hybridized carbons (Fsp3) is 0.733. The molecule has 0 nitrogen and oxygen atoms in total. The third-order valence-electron chi connectivity index (χ3n) is 2.41.